The summed E-state index contributed by atoms with van der Waals surface area (Å²) in [6, 6.07) is 7.49. The fourth-order valence-electron chi connectivity index (χ4n) is 4.34. The number of hydrogen-bond acceptors (Lipinski definition) is 4. The summed E-state index contributed by atoms with van der Waals surface area (Å²) in [5.74, 6) is -0.879. The lowest BCUT2D eigenvalue weighted by Gasteiger charge is -2.37. The molecule has 0 fully saturated rings. The molecule has 1 rings (SSSR count). The van der Waals surface area contributed by atoms with E-state index in [2.05, 4.69) is 33.8 Å². The molecule has 0 saturated heterocycles. The van der Waals surface area contributed by atoms with E-state index in [-0.39, 0.29) is 28.3 Å². The number of rotatable bonds is 10. The highest BCUT2D eigenvalue weighted by atomic mass is 16.3. The van der Waals surface area contributed by atoms with Crippen LogP contribution in [0.2, 0.25) is 0 Å². The monoisotopic (exact) mass is 472 g/mol. The summed E-state index contributed by atoms with van der Waals surface area (Å²) in [4.78, 5) is 24.6. The van der Waals surface area contributed by atoms with Crippen molar-refractivity contribution in [3.05, 3.63) is 59.2 Å². The zero-order valence-corrected chi connectivity index (χ0v) is 23.5. The zero-order valence-electron chi connectivity index (χ0n) is 23.5. The Morgan fingerprint density at radius 3 is 1.74 bits per heavy atom. The predicted octanol–water partition coefficient (Wildman–Crippen LogP) is 6.84. The lowest BCUT2D eigenvalue weighted by atomic mass is 9.68. The van der Waals surface area contributed by atoms with Crippen LogP contribution in [0, 0.1) is 11.3 Å². The highest BCUT2D eigenvalue weighted by Crippen LogP contribution is 2.41. The van der Waals surface area contributed by atoms with E-state index in [4.69, 9.17) is 0 Å². The van der Waals surface area contributed by atoms with Gasteiger partial charge < -0.3 is 10.2 Å². The van der Waals surface area contributed by atoms with Crippen LogP contribution < -0.4 is 0 Å². The van der Waals surface area contributed by atoms with Gasteiger partial charge in [0.25, 0.3) is 0 Å². The molecule has 0 aliphatic heterocycles. The second kappa shape index (κ2) is 12.1. The van der Waals surface area contributed by atoms with Crippen molar-refractivity contribution in [3.63, 3.8) is 0 Å². The highest BCUT2D eigenvalue weighted by molar-refractivity contribution is 6.01. The van der Waals surface area contributed by atoms with E-state index >= 15 is 0 Å². The molecule has 1 aromatic rings. The Morgan fingerprint density at radius 1 is 0.882 bits per heavy atom. The number of Topliss-reactive ketones (excluding diaryl/α,β-unsaturated/α-hetero) is 2. The van der Waals surface area contributed by atoms with Crippen LogP contribution in [-0.4, -0.2) is 33.0 Å². The van der Waals surface area contributed by atoms with E-state index in [0.29, 0.717) is 5.56 Å². The first kappa shape index (κ1) is 32.0. The number of carbonyl (C=O) groups is 2. The summed E-state index contributed by atoms with van der Waals surface area (Å²) in [5.41, 5.74) is -0.354. The molecule has 0 aliphatic carbocycles. The molecule has 0 bridgehead atoms. The lowest BCUT2D eigenvalue weighted by molar-refractivity contribution is -0.136. The summed E-state index contributed by atoms with van der Waals surface area (Å²) >= 11 is 0. The molecule has 4 heteroatoms. The highest BCUT2D eigenvalue weighted by Gasteiger charge is 2.33. The van der Waals surface area contributed by atoms with E-state index < -0.39 is 11.2 Å². The van der Waals surface area contributed by atoms with Gasteiger partial charge in [-0.05, 0) is 63.0 Å². The van der Waals surface area contributed by atoms with E-state index in [1.54, 1.807) is 19.1 Å². The molecule has 0 saturated carbocycles. The van der Waals surface area contributed by atoms with Crippen LogP contribution >= 0.6 is 0 Å². The minimum atomic E-state index is -1.39. The standard InChI is InChI=1S/C28H42O4.C2H6/c1-11-21(15-12-19(2)23(29)27(7,8)31)25(3,4)18-26(5,6)22-16-13-20(14-17-22)24(30)28(9,10)32;1-2/h11-17,19,31-32H,18H2,1-10H3;1-2H3/b15-12-,21-11+;. The maximum atomic E-state index is 12.3. The van der Waals surface area contributed by atoms with Crippen LogP contribution in [0.25, 0.3) is 0 Å². The van der Waals surface area contributed by atoms with Crippen molar-refractivity contribution < 1.29 is 19.8 Å². The quantitative estimate of drug-likeness (QED) is 0.289. The van der Waals surface area contributed by atoms with E-state index in [0.717, 1.165) is 17.6 Å². The van der Waals surface area contributed by atoms with Crippen LogP contribution in [0.3, 0.4) is 0 Å². The van der Waals surface area contributed by atoms with Crippen molar-refractivity contribution in [2.24, 2.45) is 11.3 Å². The van der Waals surface area contributed by atoms with Gasteiger partial charge in [-0.3, -0.25) is 9.59 Å². The Kier molecular flexibility index (Phi) is 11.4. The van der Waals surface area contributed by atoms with Gasteiger partial charge in [0.2, 0.25) is 0 Å². The molecule has 0 spiro atoms. The lowest BCUT2D eigenvalue weighted by Crippen LogP contribution is -2.35. The topological polar surface area (TPSA) is 74.6 Å². The van der Waals surface area contributed by atoms with Crippen LogP contribution in [0.1, 0.15) is 105 Å². The fraction of sp³-hybridized carbons (Fsp3) is 0.600. The number of aliphatic hydroxyl groups is 2. The summed E-state index contributed by atoms with van der Waals surface area (Å²) in [7, 11) is 0. The number of hydrogen-bond donors (Lipinski definition) is 2. The molecule has 2 N–H and O–H groups in total. The average molecular weight is 473 g/mol. The second-order valence-electron chi connectivity index (χ2n) is 11.2. The van der Waals surface area contributed by atoms with Gasteiger partial charge in [0, 0.05) is 11.5 Å². The Bertz CT molecular complexity index is 870. The zero-order chi connectivity index (χ0) is 27.1. The minimum absolute atomic E-state index is 0.170. The Labute approximate surface area is 208 Å². The predicted molar refractivity (Wildman–Crippen MR) is 143 cm³/mol. The Balaban J connectivity index is 0.00000529. The van der Waals surface area contributed by atoms with Crippen LogP contribution in [0.4, 0.5) is 0 Å². The third kappa shape index (κ3) is 8.96. The van der Waals surface area contributed by atoms with Gasteiger partial charge in [0.1, 0.15) is 11.2 Å². The van der Waals surface area contributed by atoms with E-state index in [1.807, 2.05) is 45.1 Å². The molecule has 192 valence electrons. The van der Waals surface area contributed by atoms with Gasteiger partial charge in [-0.2, -0.15) is 0 Å². The SMILES string of the molecule is C/C=C(\C=C/C(C)C(=O)C(C)(C)O)C(C)(C)CC(C)(C)c1ccc(C(=O)C(C)(C)O)cc1.CC. The normalized spacial score (nSPS) is 14.5. The maximum absolute atomic E-state index is 12.3. The summed E-state index contributed by atoms with van der Waals surface area (Å²) in [6.07, 6.45) is 6.77. The van der Waals surface area contributed by atoms with Crippen molar-refractivity contribution >= 4 is 11.6 Å². The molecule has 0 aliphatic rings. The van der Waals surface area contributed by atoms with Crippen LogP contribution in [-0.2, 0) is 10.2 Å². The summed E-state index contributed by atoms with van der Waals surface area (Å²) in [6.45, 7) is 22.6. The van der Waals surface area contributed by atoms with E-state index in [9.17, 15) is 19.8 Å². The molecule has 34 heavy (non-hydrogen) atoms. The molecule has 4 nitrogen and oxygen atoms in total. The molecular formula is C30H48O4. The van der Waals surface area contributed by atoms with E-state index in [1.165, 1.54) is 27.7 Å². The van der Waals surface area contributed by atoms with Crippen LogP contribution in [0.5, 0.6) is 0 Å². The largest absolute Gasteiger partial charge is 0.383 e. The Morgan fingerprint density at radius 2 is 1.35 bits per heavy atom. The van der Waals surface area contributed by atoms with Crippen molar-refractivity contribution in [2.45, 2.75) is 106 Å². The van der Waals surface area contributed by atoms with Crippen LogP contribution in [0.15, 0.2) is 48.1 Å². The molecule has 0 aromatic heterocycles. The summed E-state index contributed by atoms with van der Waals surface area (Å²) in [5, 5.41) is 20.0. The third-order valence-corrected chi connectivity index (χ3v) is 6.04. The van der Waals surface area contributed by atoms with Gasteiger partial charge >= 0.3 is 0 Å². The van der Waals surface area contributed by atoms with Gasteiger partial charge in [-0.25, -0.2) is 0 Å². The third-order valence-electron chi connectivity index (χ3n) is 6.04. The second-order valence-corrected chi connectivity index (χ2v) is 11.2. The van der Waals surface area contributed by atoms with Crippen molar-refractivity contribution in [1.82, 2.24) is 0 Å². The smallest absolute Gasteiger partial charge is 0.193 e. The van der Waals surface area contributed by atoms with Gasteiger partial charge in [0.15, 0.2) is 11.6 Å². The molecule has 1 unspecified atom stereocenters. The summed E-state index contributed by atoms with van der Waals surface area (Å²) < 4.78 is 0. The molecule has 0 radical (unpaired) electrons. The maximum Gasteiger partial charge on any atom is 0.193 e. The Hall–Kier alpha value is -2.04. The molecule has 1 aromatic carbocycles. The van der Waals surface area contributed by atoms with Crippen molar-refractivity contribution in [2.75, 3.05) is 0 Å². The van der Waals surface area contributed by atoms with Gasteiger partial charge in [-0.15, -0.1) is 0 Å². The first-order valence-electron chi connectivity index (χ1n) is 12.3. The average Bonchev–Trinajstić information content (AvgIpc) is 2.72. The molecule has 0 amide bonds. The first-order valence-corrected chi connectivity index (χ1v) is 12.3. The molecule has 0 heterocycles. The number of carbonyl (C=O) groups excluding carboxylic acids is 2. The number of ketones is 2. The van der Waals surface area contributed by atoms with Gasteiger partial charge in [0.05, 0.1) is 0 Å². The number of allylic oxidation sites excluding steroid dienone is 4. The van der Waals surface area contributed by atoms with Crippen molar-refractivity contribution in [3.8, 4) is 0 Å². The fourth-order valence-corrected chi connectivity index (χ4v) is 4.34. The minimum Gasteiger partial charge on any atom is -0.383 e. The molecule has 1 atom stereocenters. The number of benzene rings is 1. The molecular weight excluding hydrogens is 424 g/mol. The van der Waals surface area contributed by atoms with Gasteiger partial charge in [-0.1, -0.05) is 91.0 Å². The first-order chi connectivity index (χ1) is 15.3. The van der Waals surface area contributed by atoms with Crippen molar-refractivity contribution in [1.29, 1.82) is 0 Å².